The van der Waals surface area contributed by atoms with E-state index in [1.54, 1.807) is 0 Å². The molecule has 21 heavy (non-hydrogen) atoms. The van der Waals surface area contributed by atoms with E-state index < -0.39 is 0 Å². The SMILES string of the molecule is CC1c2ccccc2N2c3ncccc3N(C)C2C1(C)P. The lowest BCUT2D eigenvalue weighted by molar-refractivity contribution is 0.421. The molecular formula is C17H20N3P. The molecule has 4 unspecified atom stereocenters. The summed E-state index contributed by atoms with van der Waals surface area (Å²) in [5.41, 5.74) is 3.90. The van der Waals surface area contributed by atoms with E-state index in [-0.39, 0.29) is 11.3 Å². The van der Waals surface area contributed by atoms with Gasteiger partial charge < -0.3 is 9.80 Å². The van der Waals surface area contributed by atoms with Gasteiger partial charge in [-0.2, -0.15) is 0 Å². The van der Waals surface area contributed by atoms with Crippen molar-refractivity contribution in [3.8, 4) is 0 Å². The predicted molar refractivity (Wildman–Crippen MR) is 91.5 cm³/mol. The first kappa shape index (κ1) is 13.1. The van der Waals surface area contributed by atoms with Crippen molar-refractivity contribution < 1.29 is 0 Å². The Bertz CT molecular complexity index is 713. The van der Waals surface area contributed by atoms with Gasteiger partial charge in [-0.05, 0) is 29.7 Å². The summed E-state index contributed by atoms with van der Waals surface area (Å²) in [4.78, 5) is 9.42. The molecular weight excluding hydrogens is 277 g/mol. The van der Waals surface area contributed by atoms with Crippen molar-refractivity contribution in [1.29, 1.82) is 0 Å². The normalized spacial score (nSPS) is 29.9. The van der Waals surface area contributed by atoms with Gasteiger partial charge in [0.15, 0.2) is 5.82 Å². The molecule has 4 rings (SSSR count). The summed E-state index contributed by atoms with van der Waals surface area (Å²) in [5.74, 6) is 1.54. The Hall–Kier alpha value is -1.60. The molecule has 1 aromatic carbocycles. The smallest absolute Gasteiger partial charge is 0.158 e. The van der Waals surface area contributed by atoms with E-state index in [9.17, 15) is 0 Å². The van der Waals surface area contributed by atoms with Crippen molar-refractivity contribution in [3.05, 3.63) is 48.2 Å². The molecule has 2 aliphatic rings. The number of rotatable bonds is 0. The highest BCUT2D eigenvalue weighted by atomic mass is 31.0. The quantitative estimate of drug-likeness (QED) is 0.690. The van der Waals surface area contributed by atoms with E-state index in [1.807, 2.05) is 12.3 Å². The van der Waals surface area contributed by atoms with Crippen molar-refractivity contribution in [2.24, 2.45) is 0 Å². The first-order valence-electron chi connectivity index (χ1n) is 7.38. The molecule has 1 aromatic heterocycles. The summed E-state index contributed by atoms with van der Waals surface area (Å²) in [6.07, 6.45) is 2.16. The third-order valence-electron chi connectivity index (χ3n) is 5.14. The lowest BCUT2D eigenvalue weighted by Gasteiger charge is -2.50. The van der Waals surface area contributed by atoms with Gasteiger partial charge >= 0.3 is 0 Å². The Kier molecular flexibility index (Phi) is 2.62. The number of aromatic nitrogens is 1. The molecule has 0 amide bonds. The van der Waals surface area contributed by atoms with Gasteiger partial charge in [0.05, 0.1) is 5.69 Å². The van der Waals surface area contributed by atoms with E-state index in [4.69, 9.17) is 0 Å². The van der Waals surface area contributed by atoms with Crippen LogP contribution in [0.3, 0.4) is 0 Å². The van der Waals surface area contributed by atoms with Gasteiger partial charge in [-0.25, -0.2) is 4.98 Å². The predicted octanol–water partition coefficient (Wildman–Crippen LogP) is 3.75. The van der Waals surface area contributed by atoms with Crippen molar-refractivity contribution >= 4 is 26.4 Å². The number of anilines is 3. The fraction of sp³-hybridized carbons (Fsp3) is 0.353. The highest BCUT2D eigenvalue weighted by Gasteiger charge is 2.52. The molecule has 0 radical (unpaired) electrons. The number of fused-ring (bicyclic) bond motifs is 5. The maximum Gasteiger partial charge on any atom is 0.158 e. The molecule has 0 N–H and O–H groups in total. The molecule has 3 nitrogen and oxygen atoms in total. The second-order valence-electron chi connectivity index (χ2n) is 6.35. The van der Waals surface area contributed by atoms with E-state index in [0.717, 1.165) is 5.82 Å². The van der Waals surface area contributed by atoms with Gasteiger partial charge in [-0.3, -0.25) is 0 Å². The first-order valence-corrected chi connectivity index (χ1v) is 7.96. The van der Waals surface area contributed by atoms with Crippen LogP contribution < -0.4 is 9.80 Å². The molecule has 4 atom stereocenters. The number of hydrogen-bond acceptors (Lipinski definition) is 3. The lowest BCUT2D eigenvalue weighted by Crippen LogP contribution is -2.57. The number of hydrogen-bond donors (Lipinski definition) is 0. The molecule has 0 spiro atoms. The van der Waals surface area contributed by atoms with Gasteiger partial charge in [0.25, 0.3) is 0 Å². The summed E-state index contributed by atoms with van der Waals surface area (Å²) in [6, 6.07) is 12.9. The first-order chi connectivity index (χ1) is 10.0. The van der Waals surface area contributed by atoms with E-state index >= 15 is 0 Å². The highest BCUT2D eigenvalue weighted by molar-refractivity contribution is 7.19. The molecule has 0 aliphatic carbocycles. The monoisotopic (exact) mass is 297 g/mol. The average molecular weight is 297 g/mol. The van der Waals surface area contributed by atoms with Gasteiger partial charge in [0, 0.05) is 24.1 Å². The van der Waals surface area contributed by atoms with Crippen LogP contribution in [0.5, 0.6) is 0 Å². The minimum Gasteiger partial charge on any atom is -0.350 e. The zero-order valence-corrected chi connectivity index (χ0v) is 13.8. The van der Waals surface area contributed by atoms with Crippen LogP contribution in [0.15, 0.2) is 42.6 Å². The second-order valence-corrected chi connectivity index (χ2v) is 7.59. The van der Waals surface area contributed by atoms with Crippen LogP contribution in [0.4, 0.5) is 17.2 Å². The van der Waals surface area contributed by atoms with Crippen LogP contribution in [-0.4, -0.2) is 23.4 Å². The number of benzene rings is 1. The Morgan fingerprint density at radius 2 is 1.86 bits per heavy atom. The van der Waals surface area contributed by atoms with Gasteiger partial charge in [0.1, 0.15) is 6.17 Å². The van der Waals surface area contributed by atoms with Crippen LogP contribution >= 0.6 is 9.24 Å². The highest BCUT2D eigenvalue weighted by Crippen LogP contribution is 2.56. The van der Waals surface area contributed by atoms with Crippen molar-refractivity contribution in [2.45, 2.75) is 31.1 Å². The summed E-state index contributed by atoms with van der Waals surface area (Å²) in [7, 11) is 5.28. The van der Waals surface area contributed by atoms with Crippen molar-refractivity contribution in [1.82, 2.24) is 4.98 Å². The van der Waals surface area contributed by atoms with Gasteiger partial charge in [0.2, 0.25) is 0 Å². The van der Waals surface area contributed by atoms with Crippen LogP contribution in [0.25, 0.3) is 0 Å². The number of para-hydroxylation sites is 1. The van der Waals surface area contributed by atoms with Crippen LogP contribution in [0, 0.1) is 0 Å². The Morgan fingerprint density at radius 3 is 2.67 bits per heavy atom. The number of nitrogens with zero attached hydrogens (tertiary/aromatic N) is 3. The molecule has 3 heterocycles. The number of pyridine rings is 1. The average Bonchev–Trinajstić information content (AvgIpc) is 2.80. The summed E-state index contributed by atoms with van der Waals surface area (Å²) < 4.78 is 0. The van der Waals surface area contributed by atoms with Crippen LogP contribution in [-0.2, 0) is 0 Å². The zero-order chi connectivity index (χ0) is 14.8. The summed E-state index contributed by atoms with van der Waals surface area (Å²) >= 11 is 0. The van der Waals surface area contributed by atoms with E-state index in [0.29, 0.717) is 5.92 Å². The Morgan fingerprint density at radius 1 is 1.14 bits per heavy atom. The standard InChI is InChI=1S/C17H20N3P/c1-11-12-7-4-5-8-13(12)20-15-14(9-6-10-18-15)19(3)16(20)17(11,2)21/h4-11,16H,21H2,1-3H3. The van der Waals surface area contributed by atoms with Crippen molar-refractivity contribution in [3.63, 3.8) is 0 Å². The second kappa shape index (κ2) is 4.20. The third-order valence-corrected chi connectivity index (χ3v) is 5.94. The zero-order valence-electron chi connectivity index (χ0n) is 12.6. The molecule has 4 heteroatoms. The molecule has 2 aliphatic heterocycles. The Balaban J connectivity index is 2.02. The van der Waals surface area contributed by atoms with Gasteiger partial charge in [-0.1, -0.05) is 32.0 Å². The third kappa shape index (κ3) is 1.56. The topological polar surface area (TPSA) is 19.4 Å². The maximum absolute atomic E-state index is 4.66. The molecule has 2 aromatic rings. The molecule has 0 saturated carbocycles. The molecule has 0 bridgehead atoms. The maximum atomic E-state index is 4.66. The molecule has 0 fully saturated rings. The van der Waals surface area contributed by atoms with Crippen molar-refractivity contribution in [2.75, 3.05) is 16.8 Å². The lowest BCUT2D eigenvalue weighted by atomic mass is 9.80. The van der Waals surface area contributed by atoms with E-state index in [2.05, 4.69) is 75.3 Å². The summed E-state index contributed by atoms with van der Waals surface area (Å²) in [5, 5.41) is 0.0593. The molecule has 108 valence electrons. The largest absolute Gasteiger partial charge is 0.350 e. The van der Waals surface area contributed by atoms with Crippen LogP contribution in [0.1, 0.15) is 25.3 Å². The van der Waals surface area contributed by atoms with Gasteiger partial charge in [-0.15, -0.1) is 9.24 Å². The fourth-order valence-electron chi connectivity index (χ4n) is 3.84. The van der Waals surface area contributed by atoms with Crippen LogP contribution in [0.2, 0.25) is 0 Å². The van der Waals surface area contributed by atoms with E-state index in [1.165, 1.54) is 16.9 Å². The minimum atomic E-state index is 0.0593. The summed E-state index contributed by atoms with van der Waals surface area (Å²) in [6.45, 7) is 4.66. The minimum absolute atomic E-state index is 0.0593. The fourth-order valence-corrected chi connectivity index (χ4v) is 4.40. The Labute approximate surface area is 128 Å². The molecule has 0 saturated heterocycles.